The third kappa shape index (κ3) is 3.78. The molecule has 1 aliphatic heterocycles. The maximum atomic E-state index is 9.45. The second kappa shape index (κ2) is 7.38. The highest BCUT2D eigenvalue weighted by Crippen LogP contribution is 2.17. The first-order valence-electron chi connectivity index (χ1n) is 7.47. The molecule has 2 atom stereocenters. The van der Waals surface area contributed by atoms with Gasteiger partial charge in [-0.1, -0.05) is 31.5 Å². The summed E-state index contributed by atoms with van der Waals surface area (Å²) in [6.45, 7) is 4.73. The predicted octanol–water partition coefficient (Wildman–Crippen LogP) is 2.14. The molecule has 1 heterocycles. The van der Waals surface area contributed by atoms with Crippen LogP contribution in [0.1, 0.15) is 37.3 Å². The normalized spacial score (nSPS) is 20.7. The lowest BCUT2D eigenvalue weighted by Crippen LogP contribution is -2.43. The summed E-state index contributed by atoms with van der Waals surface area (Å²) < 4.78 is 0. The molecule has 1 N–H and O–H groups in total. The molecule has 0 bridgehead atoms. The monoisotopic (exact) mass is 279 g/mol. The average molecular weight is 279 g/mol. The van der Waals surface area contributed by atoms with Crippen LogP contribution < -0.4 is 5.30 Å². The molecule has 1 aromatic carbocycles. The fraction of sp³-hybridized carbons (Fsp3) is 0.625. The van der Waals surface area contributed by atoms with Crippen molar-refractivity contribution in [2.24, 2.45) is 0 Å². The van der Waals surface area contributed by atoms with Crippen LogP contribution in [0, 0.1) is 0 Å². The molecule has 106 valence electrons. The van der Waals surface area contributed by atoms with Crippen molar-refractivity contribution in [2.75, 3.05) is 19.7 Å². The van der Waals surface area contributed by atoms with Gasteiger partial charge in [-0.3, -0.25) is 4.90 Å². The molecule has 1 aromatic rings. The highest BCUT2D eigenvalue weighted by molar-refractivity contribution is 7.27. The first kappa shape index (κ1) is 15.0. The number of piperidine rings is 1. The summed E-state index contributed by atoms with van der Waals surface area (Å²) in [5, 5.41) is 10.8. The summed E-state index contributed by atoms with van der Waals surface area (Å²) in [5.41, 5.74) is 2.87. The van der Waals surface area contributed by atoms with E-state index in [1.54, 1.807) is 0 Å². The van der Waals surface area contributed by atoms with E-state index in [4.69, 9.17) is 0 Å². The Labute approximate surface area is 119 Å². The molecule has 0 radical (unpaired) electrons. The number of rotatable bonds is 5. The van der Waals surface area contributed by atoms with Gasteiger partial charge in [0.2, 0.25) is 0 Å². The van der Waals surface area contributed by atoms with Crippen molar-refractivity contribution in [3.8, 4) is 0 Å². The van der Waals surface area contributed by atoms with Crippen LogP contribution in [0.25, 0.3) is 0 Å². The van der Waals surface area contributed by atoms with E-state index < -0.39 is 0 Å². The molecule has 0 amide bonds. The zero-order valence-corrected chi connectivity index (χ0v) is 13.1. The Morgan fingerprint density at radius 1 is 1.32 bits per heavy atom. The molecular formula is C16H26NOP. The highest BCUT2D eigenvalue weighted by atomic mass is 31.0. The van der Waals surface area contributed by atoms with Crippen molar-refractivity contribution in [3.63, 3.8) is 0 Å². The van der Waals surface area contributed by atoms with Crippen LogP contribution in [-0.2, 0) is 12.8 Å². The minimum Gasteiger partial charge on any atom is -0.395 e. The second-order valence-electron chi connectivity index (χ2n) is 5.46. The smallest absolute Gasteiger partial charge is 0.0586 e. The molecule has 3 heteroatoms. The Morgan fingerprint density at radius 3 is 2.84 bits per heavy atom. The maximum Gasteiger partial charge on any atom is 0.0586 e. The average Bonchev–Trinajstić information content (AvgIpc) is 2.46. The van der Waals surface area contributed by atoms with E-state index in [0.717, 1.165) is 32.4 Å². The van der Waals surface area contributed by atoms with E-state index in [1.807, 2.05) is 0 Å². The number of nitrogens with zero attached hydrogens (tertiary/aromatic N) is 1. The van der Waals surface area contributed by atoms with Crippen LogP contribution in [0.4, 0.5) is 0 Å². The SMILES string of the molecule is CCc1cccc(CCN2CCCC[C@H]2CO)c1P. The number of aliphatic hydroxyl groups is 1. The summed E-state index contributed by atoms with van der Waals surface area (Å²) in [6.07, 6.45) is 5.87. The van der Waals surface area contributed by atoms with Crippen molar-refractivity contribution < 1.29 is 5.11 Å². The van der Waals surface area contributed by atoms with Crippen molar-refractivity contribution >= 4 is 14.5 Å². The van der Waals surface area contributed by atoms with E-state index >= 15 is 0 Å². The second-order valence-corrected chi connectivity index (χ2v) is 6.04. The van der Waals surface area contributed by atoms with Crippen LogP contribution in [0.15, 0.2) is 18.2 Å². The van der Waals surface area contributed by atoms with Gasteiger partial charge < -0.3 is 5.11 Å². The third-order valence-electron chi connectivity index (χ3n) is 4.30. The zero-order valence-electron chi connectivity index (χ0n) is 11.9. The van der Waals surface area contributed by atoms with Gasteiger partial charge in [0.25, 0.3) is 0 Å². The summed E-state index contributed by atoms with van der Waals surface area (Å²) in [6, 6.07) is 7.00. The van der Waals surface area contributed by atoms with Gasteiger partial charge in [0, 0.05) is 12.6 Å². The van der Waals surface area contributed by atoms with Crippen molar-refractivity contribution in [1.82, 2.24) is 4.90 Å². The summed E-state index contributed by atoms with van der Waals surface area (Å²) in [4.78, 5) is 2.46. The van der Waals surface area contributed by atoms with E-state index in [9.17, 15) is 5.11 Å². The molecule has 1 saturated heterocycles. The Balaban J connectivity index is 1.98. The van der Waals surface area contributed by atoms with E-state index in [1.165, 1.54) is 29.3 Å². The Morgan fingerprint density at radius 2 is 2.11 bits per heavy atom. The van der Waals surface area contributed by atoms with Gasteiger partial charge in [-0.15, -0.1) is 9.24 Å². The fourth-order valence-electron chi connectivity index (χ4n) is 3.02. The quantitative estimate of drug-likeness (QED) is 0.835. The molecule has 1 fully saturated rings. The lowest BCUT2D eigenvalue weighted by atomic mass is 10.0. The van der Waals surface area contributed by atoms with Crippen LogP contribution in [0.5, 0.6) is 0 Å². The zero-order chi connectivity index (χ0) is 13.7. The summed E-state index contributed by atoms with van der Waals surface area (Å²) in [7, 11) is 2.90. The number of benzene rings is 1. The molecule has 0 aliphatic carbocycles. The van der Waals surface area contributed by atoms with E-state index in [2.05, 4.69) is 39.3 Å². The van der Waals surface area contributed by atoms with Crippen molar-refractivity contribution in [2.45, 2.75) is 45.1 Å². The molecular weight excluding hydrogens is 253 g/mol. The van der Waals surface area contributed by atoms with E-state index in [0.29, 0.717) is 12.6 Å². The summed E-state index contributed by atoms with van der Waals surface area (Å²) in [5.74, 6) is 0. The van der Waals surface area contributed by atoms with Gasteiger partial charge in [-0.05, 0) is 48.7 Å². The van der Waals surface area contributed by atoms with Gasteiger partial charge >= 0.3 is 0 Å². The third-order valence-corrected chi connectivity index (χ3v) is 5.04. The molecule has 0 saturated carbocycles. The molecule has 2 nitrogen and oxygen atoms in total. The standard InChI is InChI=1S/C16H26NOP/c1-2-13-6-5-7-14(16(13)19)9-11-17-10-4-3-8-15(17)12-18/h5-7,15,18H,2-4,8-12,19H2,1H3/t15-/m0/s1. The van der Waals surface area contributed by atoms with Crippen LogP contribution in [-0.4, -0.2) is 35.7 Å². The fourth-order valence-corrected chi connectivity index (χ4v) is 3.56. The van der Waals surface area contributed by atoms with Gasteiger partial charge in [0.1, 0.15) is 0 Å². The Hall–Kier alpha value is -0.430. The number of aliphatic hydroxyl groups excluding tert-OH is 1. The largest absolute Gasteiger partial charge is 0.395 e. The van der Waals surface area contributed by atoms with Crippen LogP contribution in [0.3, 0.4) is 0 Å². The van der Waals surface area contributed by atoms with E-state index in [-0.39, 0.29) is 0 Å². The molecule has 0 spiro atoms. The molecule has 0 aromatic heterocycles. The summed E-state index contributed by atoms with van der Waals surface area (Å²) >= 11 is 0. The minimum absolute atomic E-state index is 0.308. The van der Waals surface area contributed by atoms with Crippen LogP contribution >= 0.6 is 9.24 Å². The molecule has 1 aliphatic rings. The Kier molecular flexibility index (Phi) is 5.81. The highest BCUT2D eigenvalue weighted by Gasteiger charge is 2.21. The number of likely N-dealkylation sites (tertiary alicyclic amines) is 1. The van der Waals surface area contributed by atoms with Crippen molar-refractivity contribution in [3.05, 3.63) is 29.3 Å². The molecule has 1 unspecified atom stereocenters. The maximum absolute atomic E-state index is 9.45. The van der Waals surface area contributed by atoms with Crippen LogP contribution in [0.2, 0.25) is 0 Å². The minimum atomic E-state index is 0.308. The molecule has 19 heavy (non-hydrogen) atoms. The first-order valence-corrected chi connectivity index (χ1v) is 8.05. The van der Waals surface area contributed by atoms with Crippen molar-refractivity contribution in [1.29, 1.82) is 0 Å². The topological polar surface area (TPSA) is 23.5 Å². The van der Waals surface area contributed by atoms with Gasteiger partial charge in [0.05, 0.1) is 6.61 Å². The lowest BCUT2D eigenvalue weighted by Gasteiger charge is -2.34. The number of aryl methyl sites for hydroxylation is 1. The van der Waals surface area contributed by atoms with Gasteiger partial charge in [-0.2, -0.15) is 0 Å². The van der Waals surface area contributed by atoms with Gasteiger partial charge in [0.15, 0.2) is 0 Å². The Bertz CT molecular complexity index is 408. The first-order chi connectivity index (χ1) is 9.26. The number of hydrogen-bond donors (Lipinski definition) is 1. The molecule has 2 rings (SSSR count). The number of hydrogen-bond acceptors (Lipinski definition) is 2. The van der Waals surface area contributed by atoms with Gasteiger partial charge in [-0.25, -0.2) is 0 Å². The predicted molar refractivity (Wildman–Crippen MR) is 85.2 cm³/mol. The lowest BCUT2D eigenvalue weighted by molar-refractivity contribution is 0.0914.